The lowest BCUT2D eigenvalue weighted by Crippen LogP contribution is -2.43. The van der Waals surface area contributed by atoms with Crippen molar-refractivity contribution in [2.75, 3.05) is 6.54 Å². The van der Waals surface area contributed by atoms with E-state index in [1.54, 1.807) is 6.07 Å². The first-order valence-electron chi connectivity index (χ1n) is 5.89. The molecule has 0 aromatic heterocycles. The molecule has 0 saturated carbocycles. The number of hydrogen-bond acceptors (Lipinski definition) is 3. The number of sulfonamides is 1. The van der Waals surface area contributed by atoms with Crippen molar-refractivity contribution in [1.82, 2.24) is 5.32 Å². The SMILES string of the molecule is Cc1ccc(F)cc1C1CCC(S(N)(=O)=O)CN1. The van der Waals surface area contributed by atoms with Gasteiger partial charge in [0.15, 0.2) is 0 Å². The van der Waals surface area contributed by atoms with E-state index in [9.17, 15) is 12.8 Å². The smallest absolute Gasteiger partial charge is 0.213 e. The van der Waals surface area contributed by atoms with Crippen LogP contribution in [0.15, 0.2) is 18.2 Å². The van der Waals surface area contributed by atoms with E-state index in [0.29, 0.717) is 19.4 Å². The number of primary sulfonamides is 1. The molecule has 6 heteroatoms. The number of nitrogens with two attached hydrogens (primary N) is 1. The van der Waals surface area contributed by atoms with Crippen LogP contribution in [-0.4, -0.2) is 20.2 Å². The number of aryl methyl sites for hydroxylation is 1. The molecule has 0 bridgehead atoms. The average Bonchev–Trinajstić information content (AvgIpc) is 2.31. The highest BCUT2D eigenvalue weighted by Crippen LogP contribution is 2.27. The molecule has 2 atom stereocenters. The lowest BCUT2D eigenvalue weighted by atomic mass is 9.94. The average molecular weight is 272 g/mol. The zero-order valence-corrected chi connectivity index (χ0v) is 11.0. The van der Waals surface area contributed by atoms with Crippen LogP contribution in [0.3, 0.4) is 0 Å². The molecule has 18 heavy (non-hydrogen) atoms. The van der Waals surface area contributed by atoms with Crippen molar-refractivity contribution < 1.29 is 12.8 Å². The Labute approximate surface area is 106 Å². The van der Waals surface area contributed by atoms with Gasteiger partial charge in [0.25, 0.3) is 0 Å². The van der Waals surface area contributed by atoms with Gasteiger partial charge in [-0.15, -0.1) is 0 Å². The largest absolute Gasteiger partial charge is 0.309 e. The third-order valence-electron chi connectivity index (χ3n) is 3.45. The van der Waals surface area contributed by atoms with Gasteiger partial charge in [-0.05, 0) is 43.0 Å². The van der Waals surface area contributed by atoms with Crippen LogP contribution in [0.4, 0.5) is 4.39 Å². The molecule has 1 fully saturated rings. The van der Waals surface area contributed by atoms with Crippen molar-refractivity contribution in [3.63, 3.8) is 0 Å². The Morgan fingerprint density at radius 2 is 2.11 bits per heavy atom. The fourth-order valence-corrected chi connectivity index (χ4v) is 3.16. The summed E-state index contributed by atoms with van der Waals surface area (Å²) in [4.78, 5) is 0. The summed E-state index contributed by atoms with van der Waals surface area (Å²) in [5.74, 6) is -0.272. The van der Waals surface area contributed by atoms with Gasteiger partial charge in [-0.1, -0.05) is 6.07 Å². The van der Waals surface area contributed by atoms with Crippen molar-refractivity contribution in [3.8, 4) is 0 Å². The Hall–Kier alpha value is -0.980. The first-order chi connectivity index (χ1) is 8.38. The minimum atomic E-state index is -3.49. The molecule has 4 nitrogen and oxygen atoms in total. The van der Waals surface area contributed by atoms with Gasteiger partial charge in [0.2, 0.25) is 10.0 Å². The van der Waals surface area contributed by atoms with Gasteiger partial charge in [0.05, 0.1) is 5.25 Å². The van der Waals surface area contributed by atoms with Crippen LogP contribution in [0.5, 0.6) is 0 Å². The van der Waals surface area contributed by atoms with Crippen LogP contribution in [0.25, 0.3) is 0 Å². The zero-order chi connectivity index (χ0) is 13.3. The third-order valence-corrected chi connectivity index (χ3v) is 4.78. The second-order valence-corrected chi connectivity index (χ2v) is 6.59. The first kappa shape index (κ1) is 13.5. The summed E-state index contributed by atoms with van der Waals surface area (Å²) in [6, 6.07) is 4.66. The molecule has 1 aliphatic rings. The fraction of sp³-hybridized carbons (Fsp3) is 0.500. The van der Waals surface area contributed by atoms with E-state index in [4.69, 9.17) is 5.14 Å². The number of nitrogens with one attached hydrogen (secondary N) is 1. The molecule has 2 unspecified atom stereocenters. The summed E-state index contributed by atoms with van der Waals surface area (Å²) >= 11 is 0. The molecule has 1 saturated heterocycles. The highest BCUT2D eigenvalue weighted by atomic mass is 32.2. The Balaban J connectivity index is 2.12. The Kier molecular flexibility index (Phi) is 3.70. The van der Waals surface area contributed by atoms with Crippen molar-refractivity contribution in [3.05, 3.63) is 35.1 Å². The minimum absolute atomic E-state index is 0.00120. The lowest BCUT2D eigenvalue weighted by molar-refractivity contribution is 0.405. The van der Waals surface area contributed by atoms with Crippen molar-refractivity contribution in [2.24, 2.45) is 5.14 Å². The monoisotopic (exact) mass is 272 g/mol. The van der Waals surface area contributed by atoms with Gasteiger partial charge in [0, 0.05) is 12.6 Å². The topological polar surface area (TPSA) is 72.2 Å². The van der Waals surface area contributed by atoms with E-state index in [-0.39, 0.29) is 11.9 Å². The standard InChI is InChI=1S/C12H17FN2O2S/c1-8-2-3-9(13)6-11(8)12-5-4-10(7-15-12)18(14,16)17/h2-3,6,10,12,15H,4-5,7H2,1H3,(H2,14,16,17). The van der Waals surface area contributed by atoms with Crippen LogP contribution in [0, 0.1) is 12.7 Å². The van der Waals surface area contributed by atoms with Gasteiger partial charge >= 0.3 is 0 Å². The number of piperidine rings is 1. The van der Waals surface area contributed by atoms with E-state index in [1.807, 2.05) is 6.92 Å². The summed E-state index contributed by atoms with van der Waals surface area (Å²) in [6.45, 7) is 2.24. The summed E-state index contributed by atoms with van der Waals surface area (Å²) in [5, 5.41) is 7.72. The lowest BCUT2D eigenvalue weighted by Gasteiger charge is -2.29. The minimum Gasteiger partial charge on any atom is -0.309 e. The maximum Gasteiger partial charge on any atom is 0.213 e. The van der Waals surface area contributed by atoms with E-state index in [1.165, 1.54) is 12.1 Å². The number of hydrogen-bond donors (Lipinski definition) is 2. The van der Waals surface area contributed by atoms with Crippen LogP contribution >= 0.6 is 0 Å². The van der Waals surface area contributed by atoms with Crippen LogP contribution in [0.1, 0.15) is 30.0 Å². The molecule has 0 amide bonds. The fourth-order valence-electron chi connectivity index (χ4n) is 2.36. The highest BCUT2D eigenvalue weighted by molar-refractivity contribution is 7.89. The first-order valence-corrected chi connectivity index (χ1v) is 7.50. The van der Waals surface area contributed by atoms with E-state index in [2.05, 4.69) is 5.32 Å². The predicted octanol–water partition coefficient (Wildman–Crippen LogP) is 1.22. The summed E-state index contributed by atoms with van der Waals surface area (Å²) in [7, 11) is -3.49. The summed E-state index contributed by atoms with van der Waals surface area (Å²) in [5.41, 5.74) is 1.89. The molecule has 0 radical (unpaired) electrons. The maximum atomic E-state index is 13.2. The summed E-state index contributed by atoms with van der Waals surface area (Å²) < 4.78 is 35.7. The Morgan fingerprint density at radius 3 is 2.67 bits per heavy atom. The summed E-state index contributed by atoms with van der Waals surface area (Å²) in [6.07, 6.45) is 1.15. The second-order valence-electron chi connectivity index (χ2n) is 4.75. The zero-order valence-electron chi connectivity index (χ0n) is 10.2. The highest BCUT2D eigenvalue weighted by Gasteiger charge is 2.29. The van der Waals surface area contributed by atoms with Gasteiger partial charge in [-0.2, -0.15) is 0 Å². The molecule has 1 aromatic carbocycles. The van der Waals surface area contributed by atoms with Crippen molar-refractivity contribution >= 4 is 10.0 Å². The van der Waals surface area contributed by atoms with E-state index in [0.717, 1.165) is 11.1 Å². The van der Waals surface area contributed by atoms with Gasteiger partial charge < -0.3 is 5.32 Å². The van der Waals surface area contributed by atoms with Crippen molar-refractivity contribution in [2.45, 2.75) is 31.1 Å². The molecule has 0 aliphatic carbocycles. The molecule has 1 aliphatic heterocycles. The van der Waals surface area contributed by atoms with E-state index < -0.39 is 15.3 Å². The quantitative estimate of drug-likeness (QED) is 0.850. The molecule has 2 rings (SSSR count). The predicted molar refractivity (Wildman–Crippen MR) is 68.0 cm³/mol. The molecule has 1 aromatic rings. The number of benzene rings is 1. The van der Waals surface area contributed by atoms with Gasteiger partial charge in [-0.3, -0.25) is 0 Å². The van der Waals surface area contributed by atoms with Crippen LogP contribution in [0.2, 0.25) is 0 Å². The Morgan fingerprint density at radius 1 is 1.39 bits per heavy atom. The number of rotatable bonds is 2. The van der Waals surface area contributed by atoms with Crippen LogP contribution < -0.4 is 10.5 Å². The van der Waals surface area contributed by atoms with Gasteiger partial charge in [0.1, 0.15) is 5.82 Å². The maximum absolute atomic E-state index is 13.2. The molecule has 0 spiro atoms. The molecular weight excluding hydrogens is 255 g/mol. The third kappa shape index (κ3) is 2.88. The molecule has 100 valence electrons. The van der Waals surface area contributed by atoms with Crippen molar-refractivity contribution in [1.29, 1.82) is 0 Å². The van der Waals surface area contributed by atoms with Crippen LogP contribution in [-0.2, 0) is 10.0 Å². The second kappa shape index (κ2) is 4.95. The molecule has 1 heterocycles. The van der Waals surface area contributed by atoms with Gasteiger partial charge in [-0.25, -0.2) is 17.9 Å². The van der Waals surface area contributed by atoms with E-state index >= 15 is 0 Å². The molecular formula is C12H17FN2O2S. The Bertz CT molecular complexity index is 537. The normalized spacial score (nSPS) is 25.1. The number of halogens is 1. The molecule has 3 N–H and O–H groups in total.